The lowest BCUT2D eigenvalue weighted by Gasteiger charge is -2.08. The number of hydrogen-bond donors (Lipinski definition) is 1. The van der Waals surface area contributed by atoms with Crippen LogP contribution in [0.4, 0.5) is 0 Å². The van der Waals surface area contributed by atoms with Crippen LogP contribution in [0, 0.1) is 12.8 Å². The molecule has 0 spiro atoms. The highest BCUT2D eigenvalue weighted by Gasteiger charge is 2.10. The number of carbonyl (C=O) groups excluding carboxylic acids is 2. The van der Waals surface area contributed by atoms with Crippen LogP contribution in [-0.2, 0) is 9.59 Å². The van der Waals surface area contributed by atoms with Gasteiger partial charge in [0.05, 0.1) is 5.56 Å². The number of carbonyl (C=O) groups is 3. The number of aryl methyl sites for hydroxylation is 1. The molecule has 0 aliphatic rings. The van der Waals surface area contributed by atoms with Crippen molar-refractivity contribution in [3.05, 3.63) is 29.3 Å². The summed E-state index contributed by atoms with van der Waals surface area (Å²) in [7, 11) is 0. The number of hydrogen-bond acceptors (Lipinski definition) is 4. The van der Waals surface area contributed by atoms with Crippen LogP contribution in [-0.4, -0.2) is 30.4 Å². The van der Waals surface area contributed by atoms with E-state index in [0.717, 1.165) is 16.2 Å². The zero-order valence-corrected chi connectivity index (χ0v) is 15.0. The molecule has 1 N–H and O–H groups in total. The topological polar surface area (TPSA) is 71.4 Å². The van der Waals surface area contributed by atoms with Crippen LogP contribution in [0.15, 0.2) is 23.1 Å². The number of carboxylic acids is 1. The molecule has 5 heteroatoms. The van der Waals surface area contributed by atoms with Crippen LogP contribution < -0.4 is 0 Å². The maximum Gasteiger partial charge on any atom is 0.336 e. The maximum atomic E-state index is 11.0. The molecule has 0 bridgehead atoms. The number of benzene rings is 1. The van der Waals surface area contributed by atoms with E-state index in [1.165, 1.54) is 6.42 Å². The summed E-state index contributed by atoms with van der Waals surface area (Å²) in [5, 5.41) is 9.04. The van der Waals surface area contributed by atoms with Gasteiger partial charge in [0, 0.05) is 10.6 Å². The Balaban J connectivity index is -0.000000446. The third-order valence-corrected chi connectivity index (χ3v) is 3.44. The van der Waals surface area contributed by atoms with Crippen molar-refractivity contribution in [3.63, 3.8) is 0 Å². The summed E-state index contributed by atoms with van der Waals surface area (Å²) in [6.45, 7) is 14.4. The van der Waals surface area contributed by atoms with Crippen molar-refractivity contribution in [1.82, 2.24) is 0 Å². The molecule has 126 valence electrons. The summed E-state index contributed by atoms with van der Waals surface area (Å²) < 4.78 is 0. The molecule has 22 heavy (non-hydrogen) atoms. The Morgan fingerprint density at radius 1 is 1.18 bits per heavy atom. The Kier molecular flexibility index (Phi) is 20.1. The molecule has 0 saturated carbocycles. The summed E-state index contributed by atoms with van der Waals surface area (Å²) in [5.74, 6) is 0.673. The van der Waals surface area contributed by atoms with Gasteiger partial charge in [0.15, 0.2) is 0 Å². The lowest BCUT2D eigenvalue weighted by atomic mass is 10.1. The Bertz CT molecular complexity index is 404. The zero-order chi connectivity index (χ0) is 18.1. The van der Waals surface area contributed by atoms with Crippen LogP contribution in [0.2, 0.25) is 0 Å². The van der Waals surface area contributed by atoms with Gasteiger partial charge in [-0.15, -0.1) is 11.8 Å². The van der Waals surface area contributed by atoms with Gasteiger partial charge in [0.1, 0.15) is 13.6 Å². The molecular formula is C17H28O4S. The normalized spacial score (nSPS) is 8.45. The van der Waals surface area contributed by atoms with E-state index in [1.807, 2.05) is 32.6 Å². The second kappa shape index (κ2) is 17.4. The Labute approximate surface area is 138 Å². The predicted octanol–water partition coefficient (Wildman–Crippen LogP) is 4.49. The minimum absolute atomic E-state index is 0.417. The smallest absolute Gasteiger partial charge is 0.336 e. The van der Waals surface area contributed by atoms with Crippen LogP contribution in [0.25, 0.3) is 0 Å². The zero-order valence-electron chi connectivity index (χ0n) is 14.2. The van der Waals surface area contributed by atoms with Gasteiger partial charge >= 0.3 is 5.97 Å². The van der Waals surface area contributed by atoms with Gasteiger partial charge in [-0.3, -0.25) is 0 Å². The van der Waals surface area contributed by atoms with Crippen molar-refractivity contribution in [1.29, 1.82) is 0 Å². The summed E-state index contributed by atoms with van der Waals surface area (Å²) in [5.41, 5.74) is 1.40. The van der Waals surface area contributed by atoms with E-state index in [0.29, 0.717) is 11.5 Å². The van der Waals surface area contributed by atoms with E-state index in [4.69, 9.17) is 14.7 Å². The van der Waals surface area contributed by atoms with E-state index < -0.39 is 5.97 Å². The highest BCUT2D eigenvalue weighted by molar-refractivity contribution is 7.99. The van der Waals surface area contributed by atoms with Crippen LogP contribution >= 0.6 is 11.8 Å². The average molecular weight is 328 g/mol. The molecule has 0 aliphatic carbocycles. The first-order valence-electron chi connectivity index (χ1n) is 6.96. The van der Waals surface area contributed by atoms with E-state index in [2.05, 4.69) is 27.7 Å². The Morgan fingerprint density at radius 3 is 2.00 bits per heavy atom. The molecule has 0 amide bonds. The second-order valence-electron chi connectivity index (χ2n) is 4.72. The van der Waals surface area contributed by atoms with Gasteiger partial charge in [0.25, 0.3) is 0 Å². The van der Waals surface area contributed by atoms with Crippen molar-refractivity contribution in [2.45, 2.75) is 45.9 Å². The van der Waals surface area contributed by atoms with Gasteiger partial charge in [-0.2, -0.15) is 0 Å². The quantitative estimate of drug-likeness (QED) is 0.825. The SMILES string of the molecule is C=O.C=O.CCC.Cc1ccc(SCC(C)C)c(C(=O)O)c1. The Morgan fingerprint density at radius 2 is 1.64 bits per heavy atom. The minimum Gasteiger partial charge on any atom is -0.478 e. The highest BCUT2D eigenvalue weighted by atomic mass is 32.2. The van der Waals surface area contributed by atoms with Gasteiger partial charge in [-0.25, -0.2) is 4.79 Å². The molecule has 0 radical (unpaired) electrons. The number of aromatic carboxylic acids is 1. The largest absolute Gasteiger partial charge is 0.478 e. The molecule has 1 aromatic carbocycles. The number of thioether (sulfide) groups is 1. The van der Waals surface area contributed by atoms with Crippen LogP contribution in [0.5, 0.6) is 0 Å². The fourth-order valence-corrected chi connectivity index (χ4v) is 2.17. The molecule has 1 aromatic rings. The van der Waals surface area contributed by atoms with Gasteiger partial charge < -0.3 is 14.7 Å². The molecule has 0 aliphatic heterocycles. The average Bonchev–Trinajstić information content (AvgIpc) is 2.50. The molecule has 0 aromatic heterocycles. The maximum absolute atomic E-state index is 11.0. The third kappa shape index (κ3) is 13.4. The van der Waals surface area contributed by atoms with E-state index in [9.17, 15) is 4.79 Å². The lowest BCUT2D eigenvalue weighted by Crippen LogP contribution is -2.00. The standard InChI is InChI=1S/C12H16O2S.C3H8.2CH2O/c1-8(2)7-15-11-5-4-9(3)6-10(11)12(13)14;1-3-2;2*1-2/h4-6,8H,7H2,1-3H3,(H,13,14);3H2,1-2H3;2*1H2. The van der Waals surface area contributed by atoms with Crippen LogP contribution in [0.3, 0.4) is 0 Å². The van der Waals surface area contributed by atoms with Crippen LogP contribution in [0.1, 0.15) is 50.0 Å². The molecule has 0 atom stereocenters. The van der Waals surface area contributed by atoms with Crippen molar-refractivity contribution in [2.24, 2.45) is 5.92 Å². The molecule has 0 fully saturated rings. The summed E-state index contributed by atoms with van der Waals surface area (Å²) in [4.78, 5) is 27.9. The fourth-order valence-electron chi connectivity index (χ4n) is 1.19. The van der Waals surface area contributed by atoms with Gasteiger partial charge in [0.2, 0.25) is 0 Å². The van der Waals surface area contributed by atoms with Gasteiger partial charge in [-0.05, 0) is 25.0 Å². The predicted molar refractivity (Wildman–Crippen MR) is 93.9 cm³/mol. The first kappa shape index (κ1) is 25.3. The highest BCUT2D eigenvalue weighted by Crippen LogP contribution is 2.25. The summed E-state index contributed by atoms with van der Waals surface area (Å²) in [6, 6.07) is 5.58. The first-order chi connectivity index (χ1) is 10.4. The minimum atomic E-state index is -0.843. The molecular weight excluding hydrogens is 300 g/mol. The lowest BCUT2D eigenvalue weighted by molar-refractivity contribution is -0.0987. The molecule has 4 nitrogen and oxygen atoms in total. The monoisotopic (exact) mass is 328 g/mol. The van der Waals surface area contributed by atoms with Crippen molar-refractivity contribution < 1.29 is 19.5 Å². The Hall–Kier alpha value is -1.62. The third-order valence-electron chi connectivity index (χ3n) is 1.94. The van der Waals surface area contributed by atoms with Crippen molar-refractivity contribution in [2.75, 3.05) is 5.75 Å². The van der Waals surface area contributed by atoms with E-state index >= 15 is 0 Å². The van der Waals surface area contributed by atoms with Crippen molar-refractivity contribution >= 4 is 31.3 Å². The number of rotatable bonds is 4. The molecule has 1 rings (SSSR count). The number of carboxylic acid groups (broad SMARTS) is 1. The first-order valence-corrected chi connectivity index (χ1v) is 7.95. The van der Waals surface area contributed by atoms with Gasteiger partial charge in [-0.1, -0.05) is 45.7 Å². The van der Waals surface area contributed by atoms with E-state index in [1.54, 1.807) is 17.8 Å². The summed E-state index contributed by atoms with van der Waals surface area (Å²) >= 11 is 1.61. The summed E-state index contributed by atoms with van der Waals surface area (Å²) in [6.07, 6.45) is 1.25. The molecule has 0 heterocycles. The molecule has 0 saturated heterocycles. The van der Waals surface area contributed by atoms with Crippen molar-refractivity contribution in [3.8, 4) is 0 Å². The molecule has 0 unspecified atom stereocenters. The van der Waals surface area contributed by atoms with E-state index in [-0.39, 0.29) is 0 Å². The second-order valence-corrected chi connectivity index (χ2v) is 5.78. The fraction of sp³-hybridized carbons (Fsp3) is 0.471.